The second-order valence-electron chi connectivity index (χ2n) is 4.48. The molecule has 0 aliphatic carbocycles. The van der Waals surface area contributed by atoms with Gasteiger partial charge in [0.05, 0.1) is 16.0 Å². The third kappa shape index (κ3) is 2.10. The number of anilines is 1. The van der Waals surface area contributed by atoms with E-state index in [4.69, 9.17) is 5.73 Å². The molecule has 104 valence electrons. The van der Waals surface area contributed by atoms with Crippen LogP contribution in [0.5, 0.6) is 0 Å². The highest BCUT2D eigenvalue weighted by atomic mass is 16.6. The fourth-order valence-electron chi connectivity index (χ4n) is 2.18. The van der Waals surface area contributed by atoms with E-state index < -0.39 is 4.92 Å². The smallest absolute Gasteiger partial charge is 0.292 e. The van der Waals surface area contributed by atoms with Gasteiger partial charge in [0, 0.05) is 17.0 Å². The van der Waals surface area contributed by atoms with Crippen molar-refractivity contribution < 1.29 is 4.92 Å². The summed E-state index contributed by atoms with van der Waals surface area (Å²) in [4.78, 5) is 22.2. The highest BCUT2D eigenvalue weighted by Crippen LogP contribution is 2.30. The van der Waals surface area contributed by atoms with Crippen molar-refractivity contribution in [3.63, 3.8) is 0 Å². The van der Waals surface area contributed by atoms with Gasteiger partial charge in [0.25, 0.3) is 11.2 Å². The lowest BCUT2D eigenvalue weighted by molar-refractivity contribution is -0.383. The Morgan fingerprint density at radius 1 is 1.14 bits per heavy atom. The van der Waals surface area contributed by atoms with Crippen molar-refractivity contribution in [1.82, 2.24) is 10.2 Å². The first-order valence-electron chi connectivity index (χ1n) is 6.09. The molecule has 1 aromatic heterocycles. The summed E-state index contributed by atoms with van der Waals surface area (Å²) >= 11 is 0. The molecule has 0 aliphatic rings. The Bertz CT molecular complexity index is 917. The Balaban J connectivity index is 2.31. The SMILES string of the molecule is Nc1ccc(-c2n[nH]c(=O)c3ccccc23)cc1[N+](=O)[O-]. The van der Waals surface area contributed by atoms with Crippen LogP contribution in [0.3, 0.4) is 0 Å². The van der Waals surface area contributed by atoms with Gasteiger partial charge in [0.2, 0.25) is 0 Å². The fourth-order valence-corrected chi connectivity index (χ4v) is 2.18. The molecule has 0 unspecified atom stereocenters. The minimum atomic E-state index is -0.549. The van der Waals surface area contributed by atoms with Crippen LogP contribution in [0, 0.1) is 10.1 Å². The number of nitro groups is 1. The predicted octanol–water partition coefficient (Wildman–Crippen LogP) is 2.08. The molecule has 0 radical (unpaired) electrons. The Labute approximate surface area is 118 Å². The lowest BCUT2D eigenvalue weighted by Gasteiger charge is -2.05. The Hall–Kier alpha value is -3.22. The number of benzene rings is 2. The molecule has 7 nitrogen and oxygen atoms in total. The average molecular weight is 282 g/mol. The molecular weight excluding hydrogens is 272 g/mol. The van der Waals surface area contributed by atoms with Crippen LogP contribution >= 0.6 is 0 Å². The van der Waals surface area contributed by atoms with E-state index in [0.29, 0.717) is 22.0 Å². The van der Waals surface area contributed by atoms with Crippen LogP contribution in [0.4, 0.5) is 11.4 Å². The van der Waals surface area contributed by atoms with Crippen molar-refractivity contribution in [3.8, 4) is 11.3 Å². The van der Waals surface area contributed by atoms with Crippen molar-refractivity contribution in [2.45, 2.75) is 0 Å². The molecule has 0 saturated carbocycles. The van der Waals surface area contributed by atoms with Gasteiger partial charge in [0.15, 0.2) is 0 Å². The van der Waals surface area contributed by atoms with Crippen LogP contribution in [-0.4, -0.2) is 15.1 Å². The topological polar surface area (TPSA) is 115 Å². The molecule has 0 saturated heterocycles. The summed E-state index contributed by atoms with van der Waals surface area (Å²) in [7, 11) is 0. The van der Waals surface area contributed by atoms with Crippen LogP contribution in [0.15, 0.2) is 47.3 Å². The van der Waals surface area contributed by atoms with E-state index in [2.05, 4.69) is 10.2 Å². The summed E-state index contributed by atoms with van der Waals surface area (Å²) in [6.45, 7) is 0. The Morgan fingerprint density at radius 2 is 1.86 bits per heavy atom. The van der Waals surface area contributed by atoms with Crippen molar-refractivity contribution >= 4 is 22.1 Å². The summed E-state index contributed by atoms with van der Waals surface area (Å²) in [5.74, 6) is 0. The van der Waals surface area contributed by atoms with E-state index in [0.717, 1.165) is 0 Å². The van der Waals surface area contributed by atoms with Crippen molar-refractivity contribution in [3.05, 3.63) is 62.9 Å². The molecule has 1 heterocycles. The maximum Gasteiger partial charge on any atom is 0.292 e. The summed E-state index contributed by atoms with van der Waals surface area (Å²) < 4.78 is 0. The average Bonchev–Trinajstić information content (AvgIpc) is 2.48. The molecule has 21 heavy (non-hydrogen) atoms. The summed E-state index contributed by atoms with van der Waals surface area (Å²) in [6, 6.07) is 11.4. The molecular formula is C14H10N4O3. The van der Waals surface area contributed by atoms with E-state index in [9.17, 15) is 14.9 Å². The molecule has 3 aromatic rings. The molecule has 3 N–H and O–H groups in total. The predicted molar refractivity (Wildman–Crippen MR) is 78.9 cm³/mol. The number of aromatic nitrogens is 2. The normalized spacial score (nSPS) is 10.7. The summed E-state index contributed by atoms with van der Waals surface area (Å²) in [6.07, 6.45) is 0. The quantitative estimate of drug-likeness (QED) is 0.424. The first kappa shape index (κ1) is 12.8. The monoisotopic (exact) mass is 282 g/mol. The second kappa shape index (κ2) is 4.71. The zero-order valence-electron chi connectivity index (χ0n) is 10.7. The Kier molecular flexibility index (Phi) is 2.87. The number of rotatable bonds is 2. The minimum absolute atomic E-state index is 0.0810. The zero-order chi connectivity index (χ0) is 15.0. The van der Waals surface area contributed by atoms with E-state index >= 15 is 0 Å². The van der Waals surface area contributed by atoms with Gasteiger partial charge in [-0.15, -0.1) is 0 Å². The second-order valence-corrected chi connectivity index (χ2v) is 4.48. The molecule has 3 rings (SSSR count). The zero-order valence-corrected chi connectivity index (χ0v) is 10.7. The number of fused-ring (bicyclic) bond motifs is 1. The number of nitrogen functional groups attached to an aromatic ring is 1. The lowest BCUT2D eigenvalue weighted by Crippen LogP contribution is -2.09. The maximum atomic E-state index is 11.7. The number of hydrogen-bond donors (Lipinski definition) is 2. The van der Waals surface area contributed by atoms with Crippen LogP contribution < -0.4 is 11.3 Å². The molecule has 0 atom stereocenters. The highest BCUT2D eigenvalue weighted by Gasteiger charge is 2.15. The molecule has 7 heteroatoms. The van der Waals surface area contributed by atoms with Gasteiger partial charge < -0.3 is 5.73 Å². The van der Waals surface area contributed by atoms with Gasteiger partial charge in [-0.05, 0) is 12.1 Å². The number of hydrogen-bond acceptors (Lipinski definition) is 5. The molecule has 0 bridgehead atoms. The van der Waals surface area contributed by atoms with Gasteiger partial charge in [-0.2, -0.15) is 5.10 Å². The summed E-state index contributed by atoms with van der Waals surface area (Å²) in [5.41, 5.74) is 6.15. The van der Waals surface area contributed by atoms with Crippen molar-refractivity contribution in [1.29, 1.82) is 0 Å². The molecule has 0 aliphatic heterocycles. The summed E-state index contributed by atoms with van der Waals surface area (Å²) in [5, 5.41) is 18.5. The van der Waals surface area contributed by atoms with Gasteiger partial charge in [-0.3, -0.25) is 14.9 Å². The molecule has 0 amide bonds. The van der Waals surface area contributed by atoms with Crippen molar-refractivity contribution in [2.24, 2.45) is 0 Å². The highest BCUT2D eigenvalue weighted by molar-refractivity contribution is 5.94. The lowest BCUT2D eigenvalue weighted by atomic mass is 10.0. The number of nitro benzene ring substituents is 1. The van der Waals surface area contributed by atoms with Crippen LogP contribution in [0.25, 0.3) is 22.0 Å². The first-order valence-corrected chi connectivity index (χ1v) is 6.09. The first-order chi connectivity index (χ1) is 10.1. The Morgan fingerprint density at radius 3 is 2.57 bits per heavy atom. The van der Waals surface area contributed by atoms with E-state index in [1.54, 1.807) is 30.3 Å². The van der Waals surface area contributed by atoms with Gasteiger partial charge in [0.1, 0.15) is 5.69 Å². The third-order valence-corrected chi connectivity index (χ3v) is 3.20. The molecule has 2 aromatic carbocycles. The largest absolute Gasteiger partial charge is 0.393 e. The van der Waals surface area contributed by atoms with Crippen molar-refractivity contribution in [2.75, 3.05) is 5.73 Å². The maximum absolute atomic E-state index is 11.7. The van der Waals surface area contributed by atoms with E-state index in [1.807, 2.05) is 0 Å². The van der Waals surface area contributed by atoms with Gasteiger partial charge >= 0.3 is 0 Å². The van der Waals surface area contributed by atoms with Crippen LogP contribution in [0.2, 0.25) is 0 Å². The van der Waals surface area contributed by atoms with Gasteiger partial charge in [-0.25, -0.2) is 5.10 Å². The van der Waals surface area contributed by atoms with Crippen LogP contribution in [-0.2, 0) is 0 Å². The fraction of sp³-hybridized carbons (Fsp3) is 0. The number of nitrogens with zero attached hydrogens (tertiary/aromatic N) is 2. The minimum Gasteiger partial charge on any atom is -0.393 e. The third-order valence-electron chi connectivity index (χ3n) is 3.20. The molecule has 0 spiro atoms. The van der Waals surface area contributed by atoms with E-state index in [1.165, 1.54) is 12.1 Å². The standard InChI is InChI=1S/C14H10N4O3/c15-11-6-5-8(7-12(11)18(20)21)13-9-3-1-2-4-10(9)14(19)17-16-13/h1-7H,15H2,(H,17,19). The van der Waals surface area contributed by atoms with Gasteiger partial charge in [-0.1, -0.05) is 24.3 Å². The number of H-pyrrole nitrogens is 1. The number of nitrogens with one attached hydrogen (secondary N) is 1. The number of aromatic amines is 1. The number of nitrogens with two attached hydrogens (primary N) is 1. The molecule has 0 fully saturated rings. The van der Waals surface area contributed by atoms with Crippen LogP contribution in [0.1, 0.15) is 0 Å². The van der Waals surface area contributed by atoms with E-state index in [-0.39, 0.29) is 16.9 Å².